The summed E-state index contributed by atoms with van der Waals surface area (Å²) in [5.74, 6) is 6.56. The maximum absolute atomic E-state index is 6.34. The first-order valence-electron chi connectivity index (χ1n) is 6.49. The largest absolute Gasteiger partial charge is 0.491 e. The van der Waals surface area contributed by atoms with Crippen LogP contribution in [-0.2, 0) is 0 Å². The molecule has 1 heterocycles. The lowest BCUT2D eigenvalue weighted by Gasteiger charge is -2.17. The van der Waals surface area contributed by atoms with Gasteiger partial charge in [0.05, 0.1) is 17.2 Å². The molecule has 0 aliphatic rings. The molecule has 108 valence electrons. The van der Waals surface area contributed by atoms with Crippen molar-refractivity contribution >= 4 is 22.9 Å². The minimum atomic E-state index is -0.128. The highest BCUT2D eigenvalue weighted by molar-refractivity contribution is 7.10. The zero-order valence-electron chi connectivity index (χ0n) is 11.8. The van der Waals surface area contributed by atoms with Crippen molar-refractivity contribution in [3.63, 3.8) is 0 Å². The molecule has 1 aromatic carbocycles. The van der Waals surface area contributed by atoms with Crippen LogP contribution in [0.15, 0.2) is 29.6 Å². The quantitative estimate of drug-likeness (QED) is 0.647. The fraction of sp³-hybridized carbons (Fsp3) is 0.333. The summed E-state index contributed by atoms with van der Waals surface area (Å²) in [6.07, 6.45) is 0.141. The van der Waals surface area contributed by atoms with Gasteiger partial charge in [-0.15, -0.1) is 11.3 Å². The van der Waals surface area contributed by atoms with Crippen LogP contribution in [-0.4, -0.2) is 6.10 Å². The first kappa shape index (κ1) is 15.3. The standard InChI is InChI=1S/C15H19ClN2OS/c1-9(2)19-12-6-4-5-11(7-12)14(18-17)15-13(16)10(3)8-20-15/h4-9,14,18H,17H2,1-3H3. The van der Waals surface area contributed by atoms with Crippen LogP contribution in [0.4, 0.5) is 0 Å². The molecule has 3 N–H and O–H groups in total. The number of halogens is 1. The number of aryl methyl sites for hydroxylation is 1. The van der Waals surface area contributed by atoms with E-state index in [0.717, 1.165) is 26.8 Å². The Bertz CT molecular complexity index is 583. The number of hydrogen-bond acceptors (Lipinski definition) is 4. The monoisotopic (exact) mass is 310 g/mol. The van der Waals surface area contributed by atoms with E-state index in [0.29, 0.717) is 0 Å². The molecule has 5 heteroatoms. The Balaban J connectivity index is 2.34. The summed E-state index contributed by atoms with van der Waals surface area (Å²) in [7, 11) is 0. The normalized spacial score (nSPS) is 12.7. The average Bonchev–Trinajstić information content (AvgIpc) is 2.72. The zero-order valence-corrected chi connectivity index (χ0v) is 13.4. The van der Waals surface area contributed by atoms with Crippen molar-refractivity contribution < 1.29 is 4.74 Å². The molecule has 0 aliphatic heterocycles. The van der Waals surface area contributed by atoms with E-state index in [1.54, 1.807) is 11.3 Å². The number of rotatable bonds is 5. The van der Waals surface area contributed by atoms with Crippen LogP contribution in [0, 0.1) is 6.92 Å². The molecule has 3 nitrogen and oxygen atoms in total. The van der Waals surface area contributed by atoms with Crippen molar-refractivity contribution in [2.45, 2.75) is 32.9 Å². The zero-order chi connectivity index (χ0) is 14.7. The Kier molecular flexibility index (Phi) is 5.05. The second kappa shape index (κ2) is 6.59. The lowest BCUT2D eigenvalue weighted by molar-refractivity contribution is 0.242. The molecule has 0 spiro atoms. The van der Waals surface area contributed by atoms with Gasteiger partial charge in [-0.3, -0.25) is 5.84 Å². The van der Waals surface area contributed by atoms with Crippen molar-refractivity contribution in [2.24, 2.45) is 5.84 Å². The maximum Gasteiger partial charge on any atom is 0.120 e. The molecule has 1 unspecified atom stereocenters. The Morgan fingerprint density at radius 3 is 2.65 bits per heavy atom. The number of hydrogen-bond donors (Lipinski definition) is 2. The summed E-state index contributed by atoms with van der Waals surface area (Å²) in [6, 6.07) is 7.79. The Morgan fingerprint density at radius 2 is 2.10 bits per heavy atom. The first-order valence-corrected chi connectivity index (χ1v) is 7.75. The summed E-state index contributed by atoms with van der Waals surface area (Å²) < 4.78 is 5.72. The van der Waals surface area contributed by atoms with Crippen LogP contribution in [0.5, 0.6) is 5.75 Å². The van der Waals surface area contributed by atoms with Gasteiger partial charge < -0.3 is 4.74 Å². The van der Waals surface area contributed by atoms with Crippen molar-refractivity contribution in [1.29, 1.82) is 0 Å². The van der Waals surface area contributed by atoms with Gasteiger partial charge in [0, 0.05) is 4.88 Å². The Morgan fingerprint density at radius 1 is 1.35 bits per heavy atom. The first-order chi connectivity index (χ1) is 9.52. The number of benzene rings is 1. The van der Waals surface area contributed by atoms with Crippen LogP contribution in [0.3, 0.4) is 0 Å². The molecule has 0 saturated heterocycles. The van der Waals surface area contributed by atoms with E-state index >= 15 is 0 Å². The molecule has 2 aromatic rings. The SMILES string of the molecule is Cc1csc(C(NN)c2cccc(OC(C)C)c2)c1Cl. The molecular formula is C15H19ClN2OS. The second-order valence-electron chi connectivity index (χ2n) is 4.94. The van der Waals surface area contributed by atoms with Crippen molar-refractivity contribution in [1.82, 2.24) is 5.43 Å². The van der Waals surface area contributed by atoms with Gasteiger partial charge in [0.1, 0.15) is 5.75 Å². The van der Waals surface area contributed by atoms with Crippen LogP contribution < -0.4 is 16.0 Å². The van der Waals surface area contributed by atoms with Crippen LogP contribution in [0.2, 0.25) is 5.02 Å². The third-order valence-electron chi connectivity index (χ3n) is 2.92. The summed E-state index contributed by atoms with van der Waals surface area (Å²) in [4.78, 5) is 1.02. The number of ether oxygens (including phenoxy) is 1. The van der Waals surface area contributed by atoms with E-state index in [1.807, 2.05) is 50.4 Å². The molecule has 0 radical (unpaired) electrons. The molecule has 1 atom stereocenters. The van der Waals surface area contributed by atoms with E-state index in [4.69, 9.17) is 22.2 Å². The number of nitrogens with two attached hydrogens (primary N) is 1. The lowest BCUT2D eigenvalue weighted by Crippen LogP contribution is -2.28. The molecule has 0 saturated carbocycles. The summed E-state index contributed by atoms with van der Waals surface area (Å²) >= 11 is 7.95. The molecule has 0 bridgehead atoms. The molecule has 0 aliphatic carbocycles. The van der Waals surface area contributed by atoms with Crippen LogP contribution in [0.1, 0.15) is 35.9 Å². The van der Waals surface area contributed by atoms with Gasteiger partial charge >= 0.3 is 0 Å². The van der Waals surface area contributed by atoms with Gasteiger partial charge in [0.25, 0.3) is 0 Å². The van der Waals surface area contributed by atoms with Crippen molar-refractivity contribution in [2.75, 3.05) is 0 Å². The highest BCUT2D eigenvalue weighted by atomic mass is 35.5. The highest BCUT2D eigenvalue weighted by Crippen LogP contribution is 2.36. The van der Waals surface area contributed by atoms with E-state index < -0.39 is 0 Å². The predicted octanol–water partition coefficient (Wildman–Crippen LogP) is 4.05. The van der Waals surface area contributed by atoms with Gasteiger partial charge in [-0.05, 0) is 49.4 Å². The fourth-order valence-corrected chi connectivity index (χ4v) is 3.40. The van der Waals surface area contributed by atoms with Gasteiger partial charge in [0.2, 0.25) is 0 Å². The minimum Gasteiger partial charge on any atom is -0.491 e. The molecule has 20 heavy (non-hydrogen) atoms. The third kappa shape index (κ3) is 3.33. The smallest absolute Gasteiger partial charge is 0.120 e. The van der Waals surface area contributed by atoms with Gasteiger partial charge in [-0.2, -0.15) is 0 Å². The molecular weight excluding hydrogens is 292 g/mol. The van der Waals surface area contributed by atoms with Gasteiger partial charge in [0.15, 0.2) is 0 Å². The van der Waals surface area contributed by atoms with Gasteiger partial charge in [-0.1, -0.05) is 23.7 Å². The highest BCUT2D eigenvalue weighted by Gasteiger charge is 2.19. The van der Waals surface area contributed by atoms with Crippen molar-refractivity contribution in [3.8, 4) is 5.75 Å². The van der Waals surface area contributed by atoms with E-state index in [9.17, 15) is 0 Å². The number of nitrogens with one attached hydrogen (secondary N) is 1. The predicted molar refractivity (Wildman–Crippen MR) is 85.4 cm³/mol. The van der Waals surface area contributed by atoms with E-state index in [2.05, 4.69) is 5.43 Å². The molecule has 0 fully saturated rings. The second-order valence-corrected chi connectivity index (χ2v) is 6.22. The van der Waals surface area contributed by atoms with E-state index in [1.165, 1.54) is 0 Å². The fourth-order valence-electron chi connectivity index (χ4n) is 2.01. The number of thiophene rings is 1. The van der Waals surface area contributed by atoms with Crippen LogP contribution >= 0.6 is 22.9 Å². The Hall–Kier alpha value is -1.07. The maximum atomic E-state index is 6.34. The Labute approximate surface area is 128 Å². The summed E-state index contributed by atoms with van der Waals surface area (Å²) in [5.41, 5.74) is 4.95. The van der Waals surface area contributed by atoms with Crippen molar-refractivity contribution in [3.05, 3.63) is 50.7 Å². The number of hydrazine groups is 1. The average molecular weight is 311 g/mol. The minimum absolute atomic E-state index is 0.128. The summed E-state index contributed by atoms with van der Waals surface area (Å²) in [5, 5.41) is 2.81. The summed E-state index contributed by atoms with van der Waals surface area (Å²) in [6.45, 7) is 6.00. The van der Waals surface area contributed by atoms with Crippen LogP contribution in [0.25, 0.3) is 0 Å². The van der Waals surface area contributed by atoms with Gasteiger partial charge in [-0.25, -0.2) is 5.43 Å². The topological polar surface area (TPSA) is 47.3 Å². The molecule has 2 rings (SSSR count). The molecule has 0 amide bonds. The lowest BCUT2D eigenvalue weighted by atomic mass is 10.1. The van der Waals surface area contributed by atoms with E-state index in [-0.39, 0.29) is 12.1 Å². The third-order valence-corrected chi connectivity index (χ3v) is 4.70. The molecule has 1 aromatic heterocycles.